The second kappa shape index (κ2) is 21.3. The maximum atomic E-state index is 13.4. The van der Waals surface area contributed by atoms with Crippen LogP contribution in [0.4, 0.5) is 0 Å². The van der Waals surface area contributed by atoms with Crippen LogP contribution in [0.15, 0.2) is 81.7 Å². The van der Waals surface area contributed by atoms with Crippen molar-refractivity contribution >= 4 is 68.1 Å². The monoisotopic (exact) mass is 996 g/mol. The number of para-hydroxylation sites is 2. The van der Waals surface area contributed by atoms with Gasteiger partial charge in [-0.25, -0.2) is 9.59 Å². The Balaban J connectivity index is 0.000000192. The number of methoxy groups -OCH3 is 2. The predicted molar refractivity (Wildman–Crippen MR) is 247 cm³/mol. The molecular weight excluding hydrogens is 944 g/mol. The summed E-state index contributed by atoms with van der Waals surface area (Å²) in [5.41, 5.74) is 11.3. The van der Waals surface area contributed by atoms with Crippen molar-refractivity contribution in [2.24, 2.45) is 5.73 Å². The molecule has 0 saturated heterocycles. The van der Waals surface area contributed by atoms with Crippen LogP contribution in [-0.4, -0.2) is 66.4 Å². The summed E-state index contributed by atoms with van der Waals surface area (Å²) < 4.78 is 23.8. The van der Waals surface area contributed by atoms with Gasteiger partial charge in [0.15, 0.2) is 0 Å². The number of aromatic carboxylic acids is 1. The molecule has 8 rings (SSSR count). The number of carboxylic acid groups (broad SMARTS) is 1. The van der Waals surface area contributed by atoms with Gasteiger partial charge in [0, 0.05) is 21.8 Å². The molecule has 4 aromatic rings. The number of esters is 2. The third kappa shape index (κ3) is 11.4. The lowest BCUT2D eigenvalue weighted by Crippen LogP contribution is -2.58. The van der Waals surface area contributed by atoms with E-state index in [1.807, 2.05) is 56.3 Å². The number of carbonyl (C=O) groups is 4. The van der Waals surface area contributed by atoms with E-state index in [9.17, 15) is 19.2 Å². The third-order valence-electron chi connectivity index (χ3n) is 12.1. The molecule has 2 fully saturated rings. The topological polar surface area (TPSA) is 163 Å². The lowest BCUT2D eigenvalue weighted by atomic mass is 9.77. The number of halogens is 3. The first-order valence-corrected chi connectivity index (χ1v) is 22.3. The van der Waals surface area contributed by atoms with Gasteiger partial charge in [-0.05, 0) is 148 Å². The number of amides is 1. The summed E-state index contributed by atoms with van der Waals surface area (Å²) in [5, 5.41) is 12.0. The average Bonchev–Trinajstić information content (AvgIpc) is 3.21. The number of benzene rings is 4. The zero-order valence-corrected chi connectivity index (χ0v) is 39.5. The largest absolute Gasteiger partial charge is 0.489 e. The molecule has 0 bridgehead atoms. The van der Waals surface area contributed by atoms with E-state index in [1.54, 1.807) is 18.2 Å². The molecule has 0 aromatic heterocycles. The molecule has 1 amide bonds. The van der Waals surface area contributed by atoms with Crippen LogP contribution in [0.2, 0.25) is 0 Å². The first kappa shape index (κ1) is 48.6. The van der Waals surface area contributed by atoms with Crippen LogP contribution in [0.3, 0.4) is 0 Å². The first-order valence-electron chi connectivity index (χ1n) is 20.7. The van der Waals surface area contributed by atoms with Crippen molar-refractivity contribution in [2.75, 3.05) is 14.2 Å². The van der Waals surface area contributed by atoms with Crippen molar-refractivity contribution in [1.82, 2.24) is 5.32 Å². The molecule has 62 heavy (non-hydrogen) atoms. The molecule has 4 aliphatic carbocycles. The van der Waals surface area contributed by atoms with E-state index in [2.05, 4.69) is 49.3 Å². The number of nitrogens with one attached hydrogen (secondary N) is 1. The van der Waals surface area contributed by atoms with Gasteiger partial charge in [0.1, 0.15) is 28.1 Å². The minimum Gasteiger partial charge on any atom is -0.489 e. The smallest absolute Gasteiger partial charge is 0.339 e. The highest BCUT2D eigenvalue weighted by Crippen LogP contribution is 2.35. The fourth-order valence-corrected chi connectivity index (χ4v) is 8.83. The number of hydrogen-bond donors (Lipinski definition) is 3. The van der Waals surface area contributed by atoms with Crippen molar-refractivity contribution in [2.45, 2.75) is 114 Å². The van der Waals surface area contributed by atoms with E-state index in [-0.39, 0.29) is 42.1 Å². The van der Waals surface area contributed by atoms with Crippen molar-refractivity contribution in [1.29, 1.82) is 0 Å². The molecule has 4 aromatic carbocycles. The zero-order valence-electron chi connectivity index (χ0n) is 35.5. The van der Waals surface area contributed by atoms with Crippen molar-refractivity contribution in [3.8, 4) is 11.5 Å². The maximum Gasteiger partial charge on any atom is 0.339 e. The molecule has 14 heteroatoms. The van der Waals surface area contributed by atoms with E-state index in [1.165, 1.54) is 31.8 Å². The van der Waals surface area contributed by atoms with E-state index >= 15 is 0 Å². The van der Waals surface area contributed by atoms with E-state index in [4.69, 9.17) is 29.8 Å². The number of carbonyl (C=O) groups excluding carboxylic acids is 3. The highest BCUT2D eigenvalue weighted by molar-refractivity contribution is 9.10. The van der Waals surface area contributed by atoms with Gasteiger partial charge in [-0.1, -0.05) is 68.3 Å². The predicted octanol–water partition coefficient (Wildman–Crippen LogP) is 9.37. The Morgan fingerprint density at radius 3 is 1.65 bits per heavy atom. The standard InChI is InChI=1S/C24H26BrNO4.C12H14BrNO2.C12H14O3.ClH/c1-15-5-3-8-20(21(15)30-19-6-4-7-19)22(27)26-24(23(28)29-2)12-11-16-13-18(25)10-9-17(16)14-24;1-16-11(15)12(14)5-4-8-6-10(13)3-2-9(8)7-12;1-8-4-2-7-10(12(13)14)11(8)15-9-5-3-6-9;/h3,5,8-10,13,19H,4,6-7,11-12,14H2,1-2H3,(H,26,27);2-3,6H,4-5,7,14H2,1H3;2,4,7,9H,3,5-6H2,1H3,(H,13,14);1H. The zero-order chi connectivity index (χ0) is 43.9. The molecule has 2 saturated carbocycles. The summed E-state index contributed by atoms with van der Waals surface area (Å²) in [6.45, 7) is 3.82. The van der Waals surface area contributed by atoms with Crippen molar-refractivity contribution in [3.63, 3.8) is 0 Å². The van der Waals surface area contributed by atoms with Gasteiger partial charge in [-0.15, -0.1) is 12.4 Å². The van der Waals surface area contributed by atoms with Gasteiger partial charge in [0.2, 0.25) is 0 Å². The summed E-state index contributed by atoms with van der Waals surface area (Å²) in [5.74, 6) is -0.818. The van der Waals surface area contributed by atoms with Crippen LogP contribution in [0.25, 0.3) is 0 Å². The lowest BCUT2D eigenvalue weighted by Gasteiger charge is -2.36. The molecule has 2 unspecified atom stereocenters. The Kier molecular flexibility index (Phi) is 16.7. The molecule has 4 aliphatic rings. The molecular formula is C48H55Br2ClN2O9. The van der Waals surface area contributed by atoms with E-state index < -0.39 is 23.0 Å². The molecule has 0 spiro atoms. The molecule has 0 aliphatic heterocycles. The Hall–Kier alpha value is -4.43. The van der Waals surface area contributed by atoms with E-state index in [0.717, 1.165) is 69.7 Å². The van der Waals surface area contributed by atoms with Gasteiger partial charge in [-0.2, -0.15) is 0 Å². The minimum absolute atomic E-state index is 0. The summed E-state index contributed by atoms with van der Waals surface area (Å²) in [6.07, 6.45) is 10.4. The number of rotatable bonds is 9. The Bertz CT molecular complexity index is 2280. The normalized spacial score (nSPS) is 19.9. The number of fused-ring (bicyclic) bond motifs is 2. The first-order chi connectivity index (χ1) is 29.1. The second-order valence-electron chi connectivity index (χ2n) is 16.4. The fourth-order valence-electron chi connectivity index (χ4n) is 8.01. The maximum absolute atomic E-state index is 13.4. The molecule has 11 nitrogen and oxygen atoms in total. The number of aryl methyl sites for hydroxylation is 4. The van der Waals surface area contributed by atoms with E-state index in [0.29, 0.717) is 49.2 Å². The Morgan fingerprint density at radius 1 is 0.677 bits per heavy atom. The minimum atomic E-state index is -1.09. The van der Waals surface area contributed by atoms with Crippen LogP contribution in [0, 0.1) is 13.8 Å². The molecule has 0 radical (unpaired) electrons. The Morgan fingerprint density at radius 2 is 1.16 bits per heavy atom. The number of ether oxygens (including phenoxy) is 4. The quantitative estimate of drug-likeness (QED) is 0.138. The van der Waals surface area contributed by atoms with Crippen molar-refractivity contribution in [3.05, 3.63) is 126 Å². The van der Waals surface area contributed by atoms with Gasteiger partial charge in [-0.3, -0.25) is 9.59 Å². The van der Waals surface area contributed by atoms with Gasteiger partial charge in [0.05, 0.1) is 32.0 Å². The van der Waals surface area contributed by atoms with Crippen LogP contribution >= 0.6 is 44.3 Å². The summed E-state index contributed by atoms with van der Waals surface area (Å²) >= 11 is 6.94. The fraction of sp³-hybridized carbons (Fsp3) is 0.417. The summed E-state index contributed by atoms with van der Waals surface area (Å²) in [6, 6.07) is 22.9. The van der Waals surface area contributed by atoms with Gasteiger partial charge < -0.3 is 35.1 Å². The van der Waals surface area contributed by atoms with Crippen LogP contribution in [-0.2, 0) is 44.7 Å². The summed E-state index contributed by atoms with van der Waals surface area (Å²) in [7, 11) is 2.75. The number of carboxylic acids is 1. The molecule has 4 N–H and O–H groups in total. The highest BCUT2D eigenvalue weighted by Gasteiger charge is 2.44. The van der Waals surface area contributed by atoms with Crippen LogP contribution in [0.5, 0.6) is 11.5 Å². The SMILES string of the molecule is COC(=O)C1(N)CCc2cc(Br)ccc2C1.COC(=O)C1(NC(=O)c2cccc(C)c2OC2CCC2)CCc2cc(Br)ccc2C1.Cc1cccc(C(=O)O)c1OC1CCC1.Cl. The van der Waals surface area contributed by atoms with Gasteiger partial charge in [0.25, 0.3) is 5.91 Å². The van der Waals surface area contributed by atoms with Crippen LogP contribution in [0.1, 0.15) is 105 Å². The Labute approximate surface area is 386 Å². The average molecular weight is 999 g/mol. The van der Waals surface area contributed by atoms with Crippen LogP contribution < -0.4 is 20.5 Å². The molecule has 2 atom stereocenters. The molecule has 0 heterocycles. The number of hydrogen-bond acceptors (Lipinski definition) is 9. The molecule has 332 valence electrons. The lowest BCUT2D eigenvalue weighted by molar-refractivity contribution is -0.149. The van der Waals surface area contributed by atoms with Crippen molar-refractivity contribution < 1.29 is 43.2 Å². The summed E-state index contributed by atoms with van der Waals surface area (Å²) in [4.78, 5) is 48.8. The number of nitrogens with two attached hydrogens (primary N) is 1. The highest BCUT2D eigenvalue weighted by atomic mass is 79.9. The second-order valence-corrected chi connectivity index (χ2v) is 18.2. The third-order valence-corrected chi connectivity index (χ3v) is 13.1. The van der Waals surface area contributed by atoms with Gasteiger partial charge >= 0.3 is 17.9 Å².